The first-order valence-electron chi connectivity index (χ1n) is 6.04. The molecule has 0 aromatic rings. The van der Waals surface area contributed by atoms with Crippen molar-refractivity contribution in [3.05, 3.63) is 26.0 Å². The van der Waals surface area contributed by atoms with E-state index in [0.717, 1.165) is 18.8 Å². The van der Waals surface area contributed by atoms with Crippen molar-refractivity contribution in [1.82, 2.24) is 0 Å². The van der Waals surface area contributed by atoms with E-state index in [4.69, 9.17) is 0 Å². The van der Waals surface area contributed by atoms with Crippen LogP contribution in [0.3, 0.4) is 0 Å². The van der Waals surface area contributed by atoms with Gasteiger partial charge in [0.2, 0.25) is 0 Å². The number of rotatable bonds is 9. The Morgan fingerprint density at radius 2 is 1.79 bits per heavy atom. The Labute approximate surface area is 90.8 Å². The first-order valence-corrected chi connectivity index (χ1v) is 6.04. The van der Waals surface area contributed by atoms with Crippen LogP contribution in [0.1, 0.15) is 58.3 Å². The molecule has 82 valence electrons. The minimum atomic E-state index is 0.878. The van der Waals surface area contributed by atoms with Crippen molar-refractivity contribution >= 4 is 0 Å². The molecule has 2 radical (unpaired) electrons. The van der Waals surface area contributed by atoms with E-state index in [9.17, 15) is 0 Å². The van der Waals surface area contributed by atoms with Gasteiger partial charge in [0.1, 0.15) is 0 Å². The molecule has 0 heterocycles. The van der Waals surface area contributed by atoms with Crippen LogP contribution in [0.15, 0.2) is 12.2 Å². The summed E-state index contributed by atoms with van der Waals surface area (Å²) in [4.78, 5) is 0. The largest absolute Gasteiger partial charge is 0.0885 e. The Kier molecular flexibility index (Phi) is 10.6. The zero-order valence-corrected chi connectivity index (χ0v) is 9.80. The van der Waals surface area contributed by atoms with Gasteiger partial charge >= 0.3 is 0 Å². The van der Waals surface area contributed by atoms with Crippen molar-refractivity contribution in [2.75, 3.05) is 0 Å². The fourth-order valence-corrected chi connectivity index (χ4v) is 1.66. The fourth-order valence-electron chi connectivity index (χ4n) is 1.66. The maximum Gasteiger partial charge on any atom is -0.0351 e. The van der Waals surface area contributed by atoms with Crippen LogP contribution in [0.25, 0.3) is 0 Å². The van der Waals surface area contributed by atoms with Gasteiger partial charge in [-0.05, 0) is 32.1 Å². The molecule has 0 saturated heterocycles. The van der Waals surface area contributed by atoms with Crippen molar-refractivity contribution in [3.8, 4) is 0 Å². The van der Waals surface area contributed by atoms with Gasteiger partial charge in [-0.1, -0.05) is 58.1 Å². The summed E-state index contributed by atoms with van der Waals surface area (Å²) in [5.41, 5.74) is 0. The molecule has 0 aliphatic heterocycles. The molecule has 1 unspecified atom stereocenters. The monoisotopic (exact) mass is 194 g/mol. The van der Waals surface area contributed by atoms with Gasteiger partial charge in [0.05, 0.1) is 0 Å². The predicted octanol–water partition coefficient (Wildman–Crippen LogP) is 4.97. The van der Waals surface area contributed by atoms with Crippen LogP contribution < -0.4 is 0 Å². The lowest BCUT2D eigenvalue weighted by Crippen LogP contribution is -1.93. The van der Waals surface area contributed by atoms with E-state index in [1.807, 2.05) is 0 Å². The number of unbranched alkanes of at least 4 members (excludes halogenated alkanes) is 3. The van der Waals surface area contributed by atoms with Gasteiger partial charge in [-0.2, -0.15) is 0 Å². The van der Waals surface area contributed by atoms with E-state index in [-0.39, 0.29) is 0 Å². The molecule has 0 aromatic carbocycles. The highest BCUT2D eigenvalue weighted by atomic mass is 14.0. The van der Waals surface area contributed by atoms with Crippen LogP contribution >= 0.6 is 0 Å². The van der Waals surface area contributed by atoms with E-state index in [1.54, 1.807) is 0 Å². The third kappa shape index (κ3) is 9.83. The lowest BCUT2D eigenvalue weighted by Gasteiger charge is -2.08. The molecule has 0 aliphatic carbocycles. The zero-order valence-electron chi connectivity index (χ0n) is 9.80. The first kappa shape index (κ1) is 13.7. The first-order chi connectivity index (χ1) is 6.81. The molecule has 0 fully saturated rings. The minimum absolute atomic E-state index is 0.878. The Morgan fingerprint density at radius 1 is 1.00 bits per heavy atom. The molecule has 0 aliphatic rings. The van der Waals surface area contributed by atoms with Crippen molar-refractivity contribution < 1.29 is 0 Å². The van der Waals surface area contributed by atoms with Gasteiger partial charge in [-0.15, -0.1) is 0 Å². The van der Waals surface area contributed by atoms with Gasteiger partial charge in [0.25, 0.3) is 0 Å². The lowest BCUT2D eigenvalue weighted by atomic mass is 9.98. The summed E-state index contributed by atoms with van der Waals surface area (Å²) in [7, 11) is 0. The lowest BCUT2D eigenvalue weighted by molar-refractivity contribution is 0.464. The highest BCUT2D eigenvalue weighted by Crippen LogP contribution is 2.14. The molecule has 1 atom stereocenters. The maximum absolute atomic E-state index is 3.89. The molecule has 0 N–H and O–H groups in total. The second kappa shape index (κ2) is 10.8. The molecular formula is C14H26. The standard InChI is InChI=1S/C14H26/c1-4-6-7-8-9-10-11-13-14(3)12-5-2/h6-7,14H,1-2,4-5,8-13H2,3H3/b7-6+. The summed E-state index contributed by atoms with van der Waals surface area (Å²) in [5, 5.41) is 0. The Morgan fingerprint density at radius 3 is 2.43 bits per heavy atom. The molecule has 0 amide bonds. The van der Waals surface area contributed by atoms with Crippen LogP contribution in [0.4, 0.5) is 0 Å². The average Bonchev–Trinajstić information content (AvgIpc) is 2.17. The summed E-state index contributed by atoms with van der Waals surface area (Å²) in [5.74, 6) is 0.878. The summed E-state index contributed by atoms with van der Waals surface area (Å²) in [6.07, 6.45) is 14.5. The van der Waals surface area contributed by atoms with E-state index >= 15 is 0 Å². The van der Waals surface area contributed by atoms with Crippen molar-refractivity contribution in [3.63, 3.8) is 0 Å². The Bertz CT molecular complexity index is 124. The molecule has 0 bridgehead atoms. The van der Waals surface area contributed by atoms with Gasteiger partial charge in [-0.3, -0.25) is 0 Å². The number of hydrogen-bond acceptors (Lipinski definition) is 0. The second-order valence-corrected chi connectivity index (χ2v) is 4.15. The average molecular weight is 194 g/mol. The van der Waals surface area contributed by atoms with Crippen LogP contribution in [-0.4, -0.2) is 0 Å². The molecule has 0 heteroatoms. The van der Waals surface area contributed by atoms with Gasteiger partial charge < -0.3 is 0 Å². The quantitative estimate of drug-likeness (QED) is 0.359. The van der Waals surface area contributed by atoms with E-state index < -0.39 is 0 Å². The third-order valence-corrected chi connectivity index (χ3v) is 2.60. The molecule has 0 aromatic heterocycles. The SMILES string of the molecule is [CH2]C/C=C/CCCCCC(C)CC[CH2]. The van der Waals surface area contributed by atoms with Gasteiger partial charge in [0, 0.05) is 0 Å². The second-order valence-electron chi connectivity index (χ2n) is 4.15. The highest BCUT2D eigenvalue weighted by molar-refractivity contribution is 4.81. The van der Waals surface area contributed by atoms with Crippen molar-refractivity contribution in [1.29, 1.82) is 0 Å². The Hall–Kier alpha value is -0.260. The summed E-state index contributed by atoms with van der Waals surface area (Å²) >= 11 is 0. The minimum Gasteiger partial charge on any atom is -0.0885 e. The summed E-state index contributed by atoms with van der Waals surface area (Å²) in [6, 6.07) is 0. The third-order valence-electron chi connectivity index (χ3n) is 2.60. The van der Waals surface area contributed by atoms with E-state index in [0.29, 0.717) is 0 Å². The Balaban J connectivity index is 3.09. The summed E-state index contributed by atoms with van der Waals surface area (Å²) in [6.45, 7) is 10.0. The number of hydrogen-bond donors (Lipinski definition) is 0. The predicted molar refractivity (Wildman–Crippen MR) is 66.0 cm³/mol. The van der Waals surface area contributed by atoms with Crippen molar-refractivity contribution in [2.24, 2.45) is 5.92 Å². The maximum atomic E-state index is 3.89. The van der Waals surface area contributed by atoms with Gasteiger partial charge in [-0.25, -0.2) is 0 Å². The normalized spacial score (nSPS) is 13.6. The van der Waals surface area contributed by atoms with Crippen LogP contribution in [0.2, 0.25) is 0 Å². The fraction of sp³-hybridized carbons (Fsp3) is 0.714. The summed E-state index contributed by atoms with van der Waals surface area (Å²) < 4.78 is 0. The van der Waals surface area contributed by atoms with E-state index in [1.165, 1.54) is 38.5 Å². The molecule has 0 nitrogen and oxygen atoms in total. The number of allylic oxidation sites excluding steroid dienone is 2. The topological polar surface area (TPSA) is 0 Å². The zero-order chi connectivity index (χ0) is 10.6. The van der Waals surface area contributed by atoms with Crippen LogP contribution in [0.5, 0.6) is 0 Å². The molecule has 14 heavy (non-hydrogen) atoms. The van der Waals surface area contributed by atoms with Crippen molar-refractivity contribution in [2.45, 2.75) is 58.3 Å². The molecule has 0 rings (SSSR count). The molecule has 0 spiro atoms. The van der Waals surface area contributed by atoms with Crippen LogP contribution in [0, 0.1) is 19.8 Å². The highest BCUT2D eigenvalue weighted by Gasteiger charge is 1.99. The molecule has 0 saturated carbocycles. The smallest absolute Gasteiger partial charge is 0.0351 e. The molecular weight excluding hydrogens is 168 g/mol. The van der Waals surface area contributed by atoms with E-state index in [2.05, 4.69) is 32.9 Å². The van der Waals surface area contributed by atoms with Gasteiger partial charge in [0.15, 0.2) is 0 Å². The van der Waals surface area contributed by atoms with Crippen LogP contribution in [-0.2, 0) is 0 Å².